The molecule has 1 fully saturated rings. The van der Waals surface area contributed by atoms with Crippen molar-refractivity contribution in [1.29, 1.82) is 0 Å². The Kier molecular flexibility index (Phi) is 6.39. The summed E-state index contributed by atoms with van der Waals surface area (Å²) in [6, 6.07) is 18.5. The molecular weight excluding hydrogens is 499 g/mol. The first-order chi connectivity index (χ1) is 17.4. The van der Waals surface area contributed by atoms with Crippen LogP contribution in [0.5, 0.6) is 5.75 Å². The summed E-state index contributed by atoms with van der Waals surface area (Å²) in [5.74, 6) is -1.06. The summed E-state index contributed by atoms with van der Waals surface area (Å²) >= 11 is 12.4. The predicted octanol–water partition coefficient (Wildman–Crippen LogP) is 6.17. The summed E-state index contributed by atoms with van der Waals surface area (Å²) in [6.07, 6.45) is 3.26. The number of rotatable bonds is 5. The first-order valence-electron chi connectivity index (χ1n) is 11.1. The van der Waals surface area contributed by atoms with Crippen molar-refractivity contribution in [3.8, 4) is 5.75 Å². The molecule has 36 heavy (non-hydrogen) atoms. The number of pyridine rings is 1. The zero-order valence-corrected chi connectivity index (χ0v) is 20.6. The minimum Gasteiger partial charge on any atom is -0.507 e. The van der Waals surface area contributed by atoms with E-state index in [4.69, 9.17) is 27.9 Å². The van der Waals surface area contributed by atoms with E-state index in [2.05, 4.69) is 4.98 Å². The van der Waals surface area contributed by atoms with Crippen molar-refractivity contribution in [2.75, 3.05) is 7.11 Å². The second-order valence-electron chi connectivity index (χ2n) is 8.39. The van der Waals surface area contributed by atoms with Crippen LogP contribution in [0.2, 0.25) is 10.0 Å². The molecule has 1 atom stereocenters. The van der Waals surface area contributed by atoms with E-state index in [0.717, 1.165) is 16.3 Å². The number of aromatic nitrogens is 1. The molecule has 1 unspecified atom stereocenters. The van der Waals surface area contributed by atoms with Crippen LogP contribution in [-0.2, 0) is 16.1 Å². The normalized spacial score (nSPS) is 17.1. The van der Waals surface area contributed by atoms with Crippen molar-refractivity contribution >= 4 is 51.4 Å². The van der Waals surface area contributed by atoms with E-state index in [0.29, 0.717) is 21.9 Å². The van der Waals surface area contributed by atoms with E-state index in [1.54, 1.807) is 55.9 Å². The number of nitrogens with zero attached hydrogens (tertiary/aromatic N) is 2. The van der Waals surface area contributed by atoms with Crippen LogP contribution < -0.4 is 4.74 Å². The van der Waals surface area contributed by atoms with Gasteiger partial charge in [-0.05, 0) is 58.3 Å². The molecule has 0 radical (unpaired) electrons. The Morgan fingerprint density at radius 2 is 1.78 bits per heavy atom. The SMILES string of the molecule is COc1ccc2cc(/C(O)=C3\C(=O)C(=O)N(Cc4cccnc4)C3c3ccc(Cl)c(Cl)c3)ccc2c1. The van der Waals surface area contributed by atoms with Crippen LogP contribution in [0.1, 0.15) is 22.7 Å². The quantitative estimate of drug-likeness (QED) is 0.194. The highest BCUT2D eigenvalue weighted by Gasteiger charge is 2.46. The summed E-state index contributed by atoms with van der Waals surface area (Å²) in [5, 5.41) is 13.8. The molecule has 6 nitrogen and oxygen atoms in total. The van der Waals surface area contributed by atoms with E-state index in [-0.39, 0.29) is 22.9 Å². The smallest absolute Gasteiger partial charge is 0.295 e. The van der Waals surface area contributed by atoms with E-state index in [1.807, 2.05) is 30.3 Å². The van der Waals surface area contributed by atoms with Crippen molar-refractivity contribution in [3.05, 3.63) is 111 Å². The van der Waals surface area contributed by atoms with E-state index < -0.39 is 17.7 Å². The minimum absolute atomic E-state index is 0.0184. The number of Topliss-reactive ketones (excluding diaryl/α,β-unsaturated/α-hetero) is 1. The number of amides is 1. The number of carbonyl (C=O) groups is 2. The molecule has 4 aromatic rings. The van der Waals surface area contributed by atoms with Crippen molar-refractivity contribution in [3.63, 3.8) is 0 Å². The van der Waals surface area contributed by atoms with Crippen LogP contribution >= 0.6 is 23.2 Å². The number of hydrogen-bond acceptors (Lipinski definition) is 5. The zero-order valence-electron chi connectivity index (χ0n) is 19.1. The highest BCUT2D eigenvalue weighted by molar-refractivity contribution is 6.46. The number of carbonyl (C=O) groups excluding carboxylic acids is 2. The topological polar surface area (TPSA) is 79.7 Å². The van der Waals surface area contributed by atoms with Gasteiger partial charge in [0.05, 0.1) is 28.8 Å². The van der Waals surface area contributed by atoms with Crippen LogP contribution in [0.4, 0.5) is 0 Å². The Morgan fingerprint density at radius 3 is 2.50 bits per heavy atom. The molecule has 0 saturated carbocycles. The van der Waals surface area contributed by atoms with Crippen LogP contribution in [0.15, 0.2) is 84.7 Å². The number of benzene rings is 3. The monoisotopic (exact) mass is 518 g/mol. The molecule has 1 aliphatic heterocycles. The molecule has 180 valence electrons. The molecule has 3 aromatic carbocycles. The first-order valence-corrected chi connectivity index (χ1v) is 11.8. The number of ketones is 1. The number of halogens is 2. The number of likely N-dealkylation sites (tertiary alicyclic amines) is 1. The zero-order chi connectivity index (χ0) is 25.4. The summed E-state index contributed by atoms with van der Waals surface area (Å²) in [4.78, 5) is 32.0. The Bertz CT molecular complexity index is 1540. The maximum Gasteiger partial charge on any atom is 0.295 e. The Morgan fingerprint density at radius 1 is 1.00 bits per heavy atom. The lowest BCUT2D eigenvalue weighted by Gasteiger charge is -2.25. The van der Waals surface area contributed by atoms with Gasteiger partial charge in [0.2, 0.25) is 0 Å². The van der Waals surface area contributed by atoms with Crippen LogP contribution in [0, 0.1) is 0 Å². The Balaban J connectivity index is 1.66. The van der Waals surface area contributed by atoms with Gasteiger partial charge in [-0.3, -0.25) is 14.6 Å². The van der Waals surface area contributed by atoms with Crippen molar-refractivity contribution < 1.29 is 19.4 Å². The largest absolute Gasteiger partial charge is 0.507 e. The maximum atomic E-state index is 13.3. The lowest BCUT2D eigenvalue weighted by molar-refractivity contribution is -0.140. The van der Waals surface area contributed by atoms with Crippen LogP contribution in [0.3, 0.4) is 0 Å². The van der Waals surface area contributed by atoms with Gasteiger partial charge in [0.15, 0.2) is 0 Å². The van der Waals surface area contributed by atoms with E-state index in [9.17, 15) is 14.7 Å². The first kappa shape index (κ1) is 23.9. The molecule has 0 spiro atoms. The van der Waals surface area contributed by atoms with Gasteiger partial charge in [0.25, 0.3) is 11.7 Å². The summed E-state index contributed by atoms with van der Waals surface area (Å²) in [5.41, 5.74) is 1.69. The molecule has 1 saturated heterocycles. The van der Waals surface area contributed by atoms with Gasteiger partial charge in [0, 0.05) is 24.5 Å². The minimum atomic E-state index is -0.869. The van der Waals surface area contributed by atoms with Gasteiger partial charge in [-0.25, -0.2) is 0 Å². The summed E-state index contributed by atoms with van der Waals surface area (Å²) in [6.45, 7) is 0.123. The summed E-state index contributed by atoms with van der Waals surface area (Å²) < 4.78 is 5.28. The molecule has 1 aliphatic rings. The van der Waals surface area contributed by atoms with Gasteiger partial charge >= 0.3 is 0 Å². The van der Waals surface area contributed by atoms with Gasteiger partial charge in [-0.15, -0.1) is 0 Å². The lowest BCUT2D eigenvalue weighted by Crippen LogP contribution is -2.29. The molecule has 0 bridgehead atoms. The second-order valence-corrected chi connectivity index (χ2v) is 9.20. The molecule has 1 amide bonds. The molecular formula is C28H20Cl2N2O4. The number of methoxy groups -OCH3 is 1. The Hall–Kier alpha value is -3.87. The Labute approximate surface area is 217 Å². The molecule has 8 heteroatoms. The highest BCUT2D eigenvalue weighted by atomic mass is 35.5. The second kappa shape index (κ2) is 9.64. The van der Waals surface area contributed by atoms with E-state index >= 15 is 0 Å². The lowest BCUT2D eigenvalue weighted by atomic mass is 9.94. The third-order valence-electron chi connectivity index (χ3n) is 6.20. The van der Waals surface area contributed by atoms with Gasteiger partial charge in [-0.1, -0.05) is 53.5 Å². The number of fused-ring (bicyclic) bond motifs is 1. The molecule has 1 aromatic heterocycles. The van der Waals surface area contributed by atoms with Crippen LogP contribution in [0.25, 0.3) is 16.5 Å². The standard InChI is InChI=1S/C28H20Cl2N2O4/c1-36-21-8-6-17-11-20(5-4-18(17)12-21)26(33)24-25(19-7-9-22(29)23(30)13-19)32(28(35)27(24)34)15-16-3-2-10-31-14-16/h2-14,25,33H,15H2,1H3/b26-24+. The van der Waals surface area contributed by atoms with Crippen molar-refractivity contribution in [2.24, 2.45) is 0 Å². The van der Waals surface area contributed by atoms with Gasteiger partial charge in [0.1, 0.15) is 11.5 Å². The number of aliphatic hydroxyl groups excluding tert-OH is 1. The van der Waals surface area contributed by atoms with Gasteiger partial charge < -0.3 is 14.7 Å². The van der Waals surface area contributed by atoms with Crippen molar-refractivity contribution in [1.82, 2.24) is 9.88 Å². The number of ether oxygens (including phenoxy) is 1. The molecule has 5 rings (SSSR count). The average Bonchev–Trinajstić information content (AvgIpc) is 3.14. The fourth-order valence-corrected chi connectivity index (χ4v) is 4.72. The fraction of sp³-hybridized carbons (Fsp3) is 0.107. The van der Waals surface area contributed by atoms with Crippen LogP contribution in [-0.4, -0.2) is 33.8 Å². The third kappa shape index (κ3) is 4.30. The third-order valence-corrected chi connectivity index (χ3v) is 6.93. The van der Waals surface area contributed by atoms with Crippen molar-refractivity contribution in [2.45, 2.75) is 12.6 Å². The molecule has 0 aliphatic carbocycles. The van der Waals surface area contributed by atoms with E-state index in [1.165, 1.54) is 4.90 Å². The number of aliphatic hydroxyl groups is 1. The molecule has 1 N–H and O–H groups in total. The maximum absolute atomic E-state index is 13.3. The molecule has 2 heterocycles. The predicted molar refractivity (Wildman–Crippen MR) is 139 cm³/mol. The fourth-order valence-electron chi connectivity index (χ4n) is 4.41. The number of hydrogen-bond donors (Lipinski definition) is 1. The summed E-state index contributed by atoms with van der Waals surface area (Å²) in [7, 11) is 1.59. The average molecular weight is 519 g/mol. The highest BCUT2D eigenvalue weighted by Crippen LogP contribution is 2.42. The van der Waals surface area contributed by atoms with Gasteiger partial charge in [-0.2, -0.15) is 0 Å².